The molecule has 34 heavy (non-hydrogen) atoms. The average Bonchev–Trinajstić information content (AvgIpc) is 3.17. The van der Waals surface area contributed by atoms with Gasteiger partial charge >= 0.3 is 0 Å². The Morgan fingerprint density at radius 2 is 1.76 bits per heavy atom. The summed E-state index contributed by atoms with van der Waals surface area (Å²) >= 11 is 1.04. The van der Waals surface area contributed by atoms with E-state index >= 15 is 0 Å². The number of aromatic nitrogens is 2. The molecule has 2 heterocycles. The lowest BCUT2D eigenvalue weighted by Gasteiger charge is -2.11. The third kappa shape index (κ3) is 4.63. The Kier molecular flexibility index (Phi) is 6.61. The Morgan fingerprint density at radius 1 is 1.00 bits per heavy atom. The molecule has 0 bridgehead atoms. The molecule has 0 spiro atoms. The summed E-state index contributed by atoms with van der Waals surface area (Å²) in [7, 11) is 0. The Bertz CT molecular complexity index is 1470. The van der Waals surface area contributed by atoms with Gasteiger partial charge in [0, 0.05) is 23.1 Å². The van der Waals surface area contributed by atoms with Crippen LogP contribution in [0.25, 0.3) is 4.96 Å². The van der Waals surface area contributed by atoms with Gasteiger partial charge in [-0.3, -0.25) is 14.4 Å². The Hall–Kier alpha value is -3.78. The van der Waals surface area contributed by atoms with Gasteiger partial charge < -0.3 is 10.6 Å². The van der Waals surface area contributed by atoms with Crippen molar-refractivity contribution in [3.8, 4) is 0 Å². The molecule has 0 aliphatic carbocycles. The zero-order chi connectivity index (χ0) is 24.4. The molecule has 8 heteroatoms. The van der Waals surface area contributed by atoms with Crippen LogP contribution in [-0.4, -0.2) is 21.2 Å². The molecule has 4 rings (SSSR count). The molecule has 7 nitrogen and oxygen atoms in total. The highest BCUT2D eigenvalue weighted by Gasteiger charge is 2.27. The molecule has 2 aromatic carbocycles. The van der Waals surface area contributed by atoms with E-state index < -0.39 is 11.8 Å². The topological polar surface area (TPSA) is 92.6 Å². The maximum Gasteiger partial charge on any atom is 0.274 e. The fourth-order valence-corrected chi connectivity index (χ4v) is 4.79. The van der Waals surface area contributed by atoms with Crippen LogP contribution in [0.15, 0.2) is 53.3 Å². The maximum absolute atomic E-state index is 13.4. The Balaban J connectivity index is 1.83. The predicted octanol–water partition coefficient (Wildman–Crippen LogP) is 5.14. The standard InChI is InChI=1S/C26H26N4O3S/c1-5-8-18-14-21(31)30-22(24(32)27-19-11-6-9-15(2)13-19)23(34-26(30)28-18)25(33)29-20-12-7-10-16(3)17(20)4/h6-7,9-14H,5,8H2,1-4H3,(H,27,32)(H,29,33). The van der Waals surface area contributed by atoms with E-state index in [1.54, 1.807) is 6.07 Å². The number of hydrogen-bond donors (Lipinski definition) is 2. The summed E-state index contributed by atoms with van der Waals surface area (Å²) in [6.45, 7) is 7.80. The smallest absolute Gasteiger partial charge is 0.274 e. The van der Waals surface area contributed by atoms with Crippen LogP contribution in [0, 0.1) is 20.8 Å². The van der Waals surface area contributed by atoms with E-state index in [0.29, 0.717) is 28.5 Å². The molecule has 0 aliphatic rings. The molecule has 0 unspecified atom stereocenters. The number of carbonyl (C=O) groups is 2. The van der Waals surface area contributed by atoms with Crippen LogP contribution in [0.2, 0.25) is 0 Å². The summed E-state index contributed by atoms with van der Waals surface area (Å²) in [6, 6.07) is 14.4. The van der Waals surface area contributed by atoms with Crippen LogP contribution >= 0.6 is 11.3 Å². The van der Waals surface area contributed by atoms with Crippen LogP contribution in [-0.2, 0) is 6.42 Å². The van der Waals surface area contributed by atoms with Gasteiger partial charge in [0.1, 0.15) is 10.6 Å². The molecule has 0 atom stereocenters. The summed E-state index contributed by atoms with van der Waals surface area (Å²) < 4.78 is 1.23. The van der Waals surface area contributed by atoms with Crippen LogP contribution in [0.1, 0.15) is 55.9 Å². The van der Waals surface area contributed by atoms with Crippen molar-refractivity contribution in [2.24, 2.45) is 0 Å². The Labute approximate surface area is 201 Å². The van der Waals surface area contributed by atoms with E-state index in [4.69, 9.17) is 0 Å². The number of nitrogens with zero attached hydrogens (tertiary/aromatic N) is 2. The molecule has 0 saturated carbocycles. The molecule has 174 valence electrons. The number of fused-ring (bicyclic) bond motifs is 1. The fraction of sp³-hybridized carbons (Fsp3) is 0.231. The van der Waals surface area contributed by atoms with Crippen molar-refractivity contribution in [1.82, 2.24) is 9.38 Å². The predicted molar refractivity (Wildman–Crippen MR) is 136 cm³/mol. The van der Waals surface area contributed by atoms with E-state index in [9.17, 15) is 14.4 Å². The van der Waals surface area contributed by atoms with E-state index in [1.165, 1.54) is 10.5 Å². The first kappa shape index (κ1) is 23.4. The highest BCUT2D eigenvalue weighted by atomic mass is 32.1. The van der Waals surface area contributed by atoms with Crippen molar-refractivity contribution in [1.29, 1.82) is 0 Å². The van der Waals surface area contributed by atoms with Gasteiger partial charge in [-0.1, -0.05) is 48.9 Å². The monoisotopic (exact) mass is 474 g/mol. The SMILES string of the molecule is CCCc1cc(=O)n2c(C(=O)Nc3cccc(C)c3)c(C(=O)Nc3cccc(C)c3C)sc2n1. The van der Waals surface area contributed by atoms with Gasteiger partial charge in [0.15, 0.2) is 4.96 Å². The largest absolute Gasteiger partial charge is 0.321 e. The highest BCUT2D eigenvalue weighted by Crippen LogP contribution is 2.26. The fourth-order valence-electron chi connectivity index (χ4n) is 3.74. The first-order valence-corrected chi connectivity index (χ1v) is 11.9. The molecular weight excluding hydrogens is 448 g/mol. The minimum absolute atomic E-state index is 0.0233. The number of benzene rings is 2. The number of hydrogen-bond acceptors (Lipinski definition) is 5. The molecule has 0 aliphatic heterocycles. The number of anilines is 2. The molecule has 0 saturated heterocycles. The average molecular weight is 475 g/mol. The normalized spacial score (nSPS) is 10.9. The van der Waals surface area contributed by atoms with Crippen molar-refractivity contribution in [3.63, 3.8) is 0 Å². The minimum atomic E-state index is -0.546. The first-order chi connectivity index (χ1) is 16.3. The second-order valence-corrected chi connectivity index (χ2v) is 9.24. The number of rotatable bonds is 6. The molecular formula is C26H26N4O3S. The van der Waals surface area contributed by atoms with E-state index in [0.717, 1.165) is 34.4 Å². The van der Waals surface area contributed by atoms with Crippen LogP contribution in [0.3, 0.4) is 0 Å². The van der Waals surface area contributed by atoms with Gasteiger partial charge in [0.25, 0.3) is 17.4 Å². The number of amides is 2. The van der Waals surface area contributed by atoms with Gasteiger partial charge in [-0.2, -0.15) is 0 Å². The molecule has 0 fully saturated rings. The van der Waals surface area contributed by atoms with Gasteiger partial charge in [-0.15, -0.1) is 0 Å². The summed E-state index contributed by atoms with van der Waals surface area (Å²) in [5, 5.41) is 5.73. The molecule has 2 aromatic heterocycles. The number of aryl methyl sites for hydroxylation is 3. The van der Waals surface area contributed by atoms with E-state index in [2.05, 4.69) is 15.6 Å². The first-order valence-electron chi connectivity index (χ1n) is 11.1. The quantitative estimate of drug-likeness (QED) is 0.405. The second-order valence-electron chi connectivity index (χ2n) is 8.26. The van der Waals surface area contributed by atoms with Crippen LogP contribution in [0.5, 0.6) is 0 Å². The lowest BCUT2D eigenvalue weighted by molar-refractivity contribution is 0.0989. The molecule has 2 N–H and O–H groups in total. The van der Waals surface area contributed by atoms with Crippen LogP contribution < -0.4 is 16.2 Å². The van der Waals surface area contributed by atoms with Crippen molar-refractivity contribution < 1.29 is 9.59 Å². The molecule has 2 amide bonds. The van der Waals surface area contributed by atoms with Crippen molar-refractivity contribution >= 4 is 39.5 Å². The zero-order valence-electron chi connectivity index (χ0n) is 19.6. The summed E-state index contributed by atoms with van der Waals surface area (Å²) in [5.74, 6) is -1.01. The minimum Gasteiger partial charge on any atom is -0.321 e. The lowest BCUT2D eigenvalue weighted by atomic mass is 10.1. The molecule has 0 radical (unpaired) electrons. The number of nitrogens with one attached hydrogen (secondary N) is 2. The number of thiazole rings is 1. The second kappa shape index (κ2) is 9.61. The van der Waals surface area contributed by atoms with Gasteiger partial charge in [-0.05, 0) is 62.1 Å². The zero-order valence-corrected chi connectivity index (χ0v) is 20.4. The highest BCUT2D eigenvalue weighted by molar-refractivity contribution is 7.19. The van der Waals surface area contributed by atoms with E-state index in [-0.39, 0.29) is 16.1 Å². The van der Waals surface area contributed by atoms with E-state index in [1.807, 2.05) is 64.1 Å². The van der Waals surface area contributed by atoms with Gasteiger partial charge in [0.2, 0.25) is 0 Å². The van der Waals surface area contributed by atoms with Gasteiger partial charge in [0.05, 0.1) is 0 Å². The summed E-state index contributed by atoms with van der Waals surface area (Å²) in [5.41, 5.74) is 4.41. The van der Waals surface area contributed by atoms with Crippen molar-refractivity contribution in [2.75, 3.05) is 10.6 Å². The van der Waals surface area contributed by atoms with Crippen molar-refractivity contribution in [2.45, 2.75) is 40.5 Å². The summed E-state index contributed by atoms with van der Waals surface area (Å²) in [6.07, 6.45) is 1.47. The molecule has 4 aromatic rings. The van der Waals surface area contributed by atoms with Crippen molar-refractivity contribution in [3.05, 3.63) is 91.8 Å². The Morgan fingerprint density at radius 3 is 2.50 bits per heavy atom. The third-order valence-corrected chi connectivity index (χ3v) is 6.67. The maximum atomic E-state index is 13.4. The summed E-state index contributed by atoms with van der Waals surface area (Å²) in [4.78, 5) is 44.8. The third-order valence-electron chi connectivity index (χ3n) is 5.63. The lowest BCUT2D eigenvalue weighted by Crippen LogP contribution is -2.25. The number of carbonyl (C=O) groups excluding carboxylic acids is 2. The van der Waals surface area contributed by atoms with Gasteiger partial charge in [-0.25, -0.2) is 9.38 Å². The van der Waals surface area contributed by atoms with Crippen LogP contribution in [0.4, 0.5) is 11.4 Å².